The van der Waals surface area contributed by atoms with Crippen LogP contribution in [0, 0.1) is 0 Å². The van der Waals surface area contributed by atoms with Gasteiger partial charge in [0, 0.05) is 10.6 Å². The normalized spacial score (nSPS) is 18.4. The van der Waals surface area contributed by atoms with E-state index in [0.717, 1.165) is 5.56 Å². The fourth-order valence-electron chi connectivity index (χ4n) is 1.54. The molecule has 1 aromatic rings. The Bertz CT molecular complexity index is 391. The summed E-state index contributed by atoms with van der Waals surface area (Å²) in [6.07, 6.45) is 0. The summed E-state index contributed by atoms with van der Waals surface area (Å²) in [7, 11) is 1.59. The van der Waals surface area contributed by atoms with Gasteiger partial charge in [-0.2, -0.15) is 0 Å². The number of hydrogen-bond acceptors (Lipinski definition) is 2. The van der Waals surface area contributed by atoms with E-state index in [2.05, 4.69) is 15.9 Å². The molecule has 5 heteroatoms. The number of ether oxygens (including phenoxy) is 2. The van der Waals surface area contributed by atoms with Crippen molar-refractivity contribution in [3.05, 3.63) is 27.7 Å². The summed E-state index contributed by atoms with van der Waals surface area (Å²) in [5, 5.41) is 1.12. The van der Waals surface area contributed by atoms with E-state index in [4.69, 9.17) is 32.7 Å². The van der Waals surface area contributed by atoms with Crippen molar-refractivity contribution >= 4 is 39.1 Å². The number of hydrogen-bond donors (Lipinski definition) is 0. The smallest absolute Gasteiger partial charge is 0.142 e. The minimum atomic E-state index is -0.215. The van der Waals surface area contributed by atoms with Gasteiger partial charge in [-0.1, -0.05) is 39.1 Å². The molecule has 0 atom stereocenters. The SMILES string of the molecule is COc1c(Cl)cc(Cl)cc1C1(Br)COC1. The summed E-state index contributed by atoms with van der Waals surface area (Å²) in [6, 6.07) is 3.52. The maximum atomic E-state index is 6.05. The highest BCUT2D eigenvalue weighted by Gasteiger charge is 2.40. The Morgan fingerprint density at radius 3 is 2.53 bits per heavy atom. The van der Waals surface area contributed by atoms with Crippen LogP contribution in [0.15, 0.2) is 12.1 Å². The first kappa shape index (κ1) is 11.5. The van der Waals surface area contributed by atoms with Gasteiger partial charge in [0.1, 0.15) is 10.1 Å². The first-order chi connectivity index (χ1) is 7.07. The van der Waals surface area contributed by atoms with Gasteiger partial charge in [-0.05, 0) is 12.1 Å². The highest BCUT2D eigenvalue weighted by molar-refractivity contribution is 9.09. The maximum Gasteiger partial charge on any atom is 0.142 e. The summed E-state index contributed by atoms with van der Waals surface area (Å²) in [5.41, 5.74) is 0.939. The van der Waals surface area contributed by atoms with E-state index in [0.29, 0.717) is 29.0 Å². The Balaban J connectivity index is 2.53. The van der Waals surface area contributed by atoms with E-state index >= 15 is 0 Å². The zero-order chi connectivity index (χ0) is 11.1. The van der Waals surface area contributed by atoms with Crippen molar-refractivity contribution < 1.29 is 9.47 Å². The lowest BCUT2D eigenvalue weighted by Gasteiger charge is -2.37. The second kappa shape index (κ2) is 4.13. The second-order valence-electron chi connectivity index (χ2n) is 3.43. The molecule has 0 spiro atoms. The molecule has 1 aliphatic heterocycles. The summed E-state index contributed by atoms with van der Waals surface area (Å²) in [5.74, 6) is 0.654. The highest BCUT2D eigenvalue weighted by Crippen LogP contribution is 2.46. The third-order valence-electron chi connectivity index (χ3n) is 2.36. The van der Waals surface area contributed by atoms with Crippen LogP contribution in [0.3, 0.4) is 0 Å². The van der Waals surface area contributed by atoms with Crippen molar-refractivity contribution in [3.63, 3.8) is 0 Å². The average Bonchev–Trinajstić information content (AvgIpc) is 2.13. The van der Waals surface area contributed by atoms with Crippen molar-refractivity contribution in [2.45, 2.75) is 4.32 Å². The molecule has 1 fully saturated rings. The second-order valence-corrected chi connectivity index (χ2v) is 5.79. The summed E-state index contributed by atoms with van der Waals surface area (Å²) in [6.45, 7) is 1.19. The molecule has 0 aromatic heterocycles. The molecule has 0 bridgehead atoms. The lowest BCUT2D eigenvalue weighted by Crippen LogP contribution is -2.41. The van der Waals surface area contributed by atoms with E-state index in [-0.39, 0.29) is 4.32 Å². The number of rotatable bonds is 2. The van der Waals surface area contributed by atoms with Crippen molar-refractivity contribution in [2.75, 3.05) is 20.3 Å². The minimum Gasteiger partial charge on any atom is -0.495 e. The van der Waals surface area contributed by atoms with Crippen LogP contribution < -0.4 is 4.74 Å². The quantitative estimate of drug-likeness (QED) is 0.777. The van der Waals surface area contributed by atoms with Gasteiger partial charge in [0.15, 0.2) is 0 Å². The third kappa shape index (κ3) is 1.98. The largest absolute Gasteiger partial charge is 0.495 e. The summed E-state index contributed by atoms with van der Waals surface area (Å²) >= 11 is 15.6. The first-order valence-electron chi connectivity index (χ1n) is 4.37. The Morgan fingerprint density at radius 2 is 2.07 bits per heavy atom. The fourth-order valence-corrected chi connectivity index (χ4v) is 2.73. The molecular formula is C10H9BrCl2O2. The highest BCUT2D eigenvalue weighted by atomic mass is 79.9. The van der Waals surface area contributed by atoms with Crippen LogP contribution in [0.4, 0.5) is 0 Å². The lowest BCUT2D eigenvalue weighted by molar-refractivity contribution is -0.00787. The molecule has 1 heterocycles. The van der Waals surface area contributed by atoms with Gasteiger partial charge in [-0.15, -0.1) is 0 Å². The zero-order valence-corrected chi connectivity index (χ0v) is 11.1. The third-order valence-corrected chi connectivity index (χ3v) is 3.74. The molecule has 15 heavy (non-hydrogen) atoms. The molecular weight excluding hydrogens is 303 g/mol. The molecule has 1 aromatic carbocycles. The van der Waals surface area contributed by atoms with Gasteiger partial charge >= 0.3 is 0 Å². The molecule has 2 rings (SSSR count). The monoisotopic (exact) mass is 310 g/mol. The first-order valence-corrected chi connectivity index (χ1v) is 5.92. The van der Waals surface area contributed by atoms with Gasteiger partial charge in [0.2, 0.25) is 0 Å². The Labute approximate surface area is 107 Å². The van der Waals surface area contributed by atoms with E-state index in [1.165, 1.54) is 0 Å². The number of benzene rings is 1. The molecule has 82 valence electrons. The van der Waals surface area contributed by atoms with Crippen molar-refractivity contribution in [1.82, 2.24) is 0 Å². The molecule has 1 aliphatic rings. The zero-order valence-electron chi connectivity index (χ0n) is 8.02. The molecule has 0 amide bonds. The molecule has 0 saturated carbocycles. The van der Waals surface area contributed by atoms with E-state index in [1.807, 2.05) is 6.07 Å². The average molecular weight is 312 g/mol. The standard InChI is InChI=1S/C10H9BrCl2O2/c1-14-9-7(10(11)4-15-5-10)2-6(12)3-8(9)13/h2-3H,4-5H2,1H3. The summed E-state index contributed by atoms with van der Waals surface area (Å²) < 4.78 is 10.2. The topological polar surface area (TPSA) is 18.5 Å². The number of alkyl halides is 1. The Hall–Kier alpha value is 0.0400. The van der Waals surface area contributed by atoms with Crippen LogP contribution in [0.5, 0.6) is 5.75 Å². The predicted molar refractivity (Wildman–Crippen MR) is 64.4 cm³/mol. The molecule has 0 N–H and O–H groups in total. The van der Waals surface area contributed by atoms with Crippen LogP contribution in [0.2, 0.25) is 10.0 Å². The van der Waals surface area contributed by atoms with Gasteiger partial charge in [-0.25, -0.2) is 0 Å². The van der Waals surface area contributed by atoms with Crippen LogP contribution in [0.1, 0.15) is 5.56 Å². The van der Waals surface area contributed by atoms with E-state index < -0.39 is 0 Å². The molecule has 2 nitrogen and oxygen atoms in total. The van der Waals surface area contributed by atoms with Crippen molar-refractivity contribution in [2.24, 2.45) is 0 Å². The lowest BCUT2D eigenvalue weighted by atomic mass is 9.96. The predicted octanol–water partition coefficient (Wildman–Crippen LogP) is 3.62. The van der Waals surface area contributed by atoms with Gasteiger partial charge < -0.3 is 9.47 Å². The van der Waals surface area contributed by atoms with Crippen molar-refractivity contribution in [1.29, 1.82) is 0 Å². The van der Waals surface area contributed by atoms with E-state index in [1.54, 1.807) is 13.2 Å². The molecule has 0 radical (unpaired) electrons. The van der Waals surface area contributed by atoms with E-state index in [9.17, 15) is 0 Å². The molecule has 0 aliphatic carbocycles. The fraction of sp³-hybridized carbons (Fsp3) is 0.400. The Morgan fingerprint density at radius 1 is 1.40 bits per heavy atom. The van der Waals surface area contributed by atoms with Crippen molar-refractivity contribution in [3.8, 4) is 5.75 Å². The van der Waals surface area contributed by atoms with Crippen LogP contribution in [-0.4, -0.2) is 20.3 Å². The maximum absolute atomic E-state index is 6.05. The van der Waals surface area contributed by atoms with Gasteiger partial charge in [0.25, 0.3) is 0 Å². The van der Waals surface area contributed by atoms with Gasteiger partial charge in [-0.3, -0.25) is 0 Å². The number of methoxy groups -OCH3 is 1. The van der Waals surface area contributed by atoms with Gasteiger partial charge in [0.05, 0.1) is 25.3 Å². The minimum absolute atomic E-state index is 0.215. The van der Waals surface area contributed by atoms with Crippen LogP contribution in [0.25, 0.3) is 0 Å². The van der Waals surface area contributed by atoms with Crippen LogP contribution in [-0.2, 0) is 9.06 Å². The number of halogens is 3. The van der Waals surface area contributed by atoms with Crippen LogP contribution >= 0.6 is 39.1 Å². The Kier molecular flexibility index (Phi) is 3.17. The summed E-state index contributed by atoms with van der Waals surface area (Å²) in [4.78, 5) is 0. The molecule has 0 unspecified atom stereocenters. The molecule has 1 saturated heterocycles.